The van der Waals surface area contributed by atoms with E-state index in [-0.39, 0.29) is 0 Å². The summed E-state index contributed by atoms with van der Waals surface area (Å²) in [5.74, 6) is 0.827. The molecule has 0 radical (unpaired) electrons. The second kappa shape index (κ2) is 4.51. The van der Waals surface area contributed by atoms with Crippen molar-refractivity contribution in [2.24, 2.45) is 5.92 Å². The Bertz CT molecular complexity index is 311. The molecule has 1 aliphatic rings. The van der Waals surface area contributed by atoms with Crippen molar-refractivity contribution in [2.75, 3.05) is 5.32 Å². The summed E-state index contributed by atoms with van der Waals surface area (Å²) in [6, 6.07) is 9.31. The van der Waals surface area contributed by atoms with E-state index in [9.17, 15) is 0 Å². The number of anilines is 1. The maximum atomic E-state index is 3.63. The second-order valence-electron chi connectivity index (χ2n) is 4.17. The molecule has 1 aromatic carbocycles. The molecule has 1 saturated carbocycles. The molecule has 0 aromatic heterocycles. The molecular formula is C12H16IN. The van der Waals surface area contributed by atoms with Gasteiger partial charge in [0.05, 0.1) is 0 Å². The van der Waals surface area contributed by atoms with Crippen molar-refractivity contribution in [3.8, 4) is 0 Å². The molecule has 0 spiro atoms. The molecule has 76 valence electrons. The highest BCUT2D eigenvalue weighted by Gasteiger charge is 2.22. The summed E-state index contributed by atoms with van der Waals surface area (Å²) in [5, 5.41) is 3.63. The molecule has 2 rings (SSSR count). The standard InChI is InChI=1S/C12H16IN/c1-9-4-2-7-12(9)14-11-6-3-5-10(13)8-11/h3,5-6,8-9,12,14H,2,4,7H2,1H3. The first-order valence-corrected chi connectivity index (χ1v) is 6.35. The Morgan fingerprint density at radius 3 is 2.86 bits per heavy atom. The molecule has 1 fully saturated rings. The smallest absolute Gasteiger partial charge is 0.0353 e. The Balaban J connectivity index is 2.03. The quantitative estimate of drug-likeness (QED) is 0.817. The maximum Gasteiger partial charge on any atom is 0.0353 e. The minimum Gasteiger partial charge on any atom is -0.382 e. The Labute approximate surface area is 99.4 Å². The summed E-state index contributed by atoms with van der Waals surface area (Å²) in [7, 11) is 0. The Morgan fingerprint density at radius 2 is 2.21 bits per heavy atom. The lowest BCUT2D eigenvalue weighted by Gasteiger charge is -2.18. The third-order valence-electron chi connectivity index (χ3n) is 3.04. The zero-order valence-corrected chi connectivity index (χ0v) is 10.6. The lowest BCUT2D eigenvalue weighted by atomic mass is 10.1. The van der Waals surface area contributed by atoms with Gasteiger partial charge in [-0.05, 0) is 59.5 Å². The average molecular weight is 301 g/mol. The summed E-state index contributed by atoms with van der Waals surface area (Å²) < 4.78 is 1.30. The predicted molar refractivity (Wildman–Crippen MR) is 69.6 cm³/mol. The van der Waals surface area contributed by atoms with Gasteiger partial charge in [-0.2, -0.15) is 0 Å². The van der Waals surface area contributed by atoms with E-state index in [0.717, 1.165) is 5.92 Å². The number of hydrogen-bond acceptors (Lipinski definition) is 1. The molecule has 1 aromatic rings. The third kappa shape index (κ3) is 2.41. The fourth-order valence-electron chi connectivity index (χ4n) is 2.15. The van der Waals surface area contributed by atoms with Gasteiger partial charge in [0.2, 0.25) is 0 Å². The molecule has 0 amide bonds. The van der Waals surface area contributed by atoms with Gasteiger partial charge in [-0.15, -0.1) is 0 Å². The van der Waals surface area contributed by atoms with Crippen LogP contribution in [0.1, 0.15) is 26.2 Å². The van der Waals surface area contributed by atoms with E-state index < -0.39 is 0 Å². The molecule has 2 unspecified atom stereocenters. The van der Waals surface area contributed by atoms with Crippen LogP contribution < -0.4 is 5.32 Å². The lowest BCUT2D eigenvalue weighted by molar-refractivity contribution is 0.556. The van der Waals surface area contributed by atoms with Gasteiger partial charge in [0, 0.05) is 15.3 Å². The Hall–Kier alpha value is -0.250. The molecule has 2 atom stereocenters. The lowest BCUT2D eigenvalue weighted by Crippen LogP contribution is -2.21. The van der Waals surface area contributed by atoms with Crippen LogP contribution >= 0.6 is 22.6 Å². The molecular weight excluding hydrogens is 285 g/mol. The van der Waals surface area contributed by atoms with Crippen LogP contribution in [0.5, 0.6) is 0 Å². The normalized spacial score (nSPS) is 26.4. The monoisotopic (exact) mass is 301 g/mol. The van der Waals surface area contributed by atoms with E-state index in [1.165, 1.54) is 28.5 Å². The van der Waals surface area contributed by atoms with E-state index in [1.54, 1.807) is 0 Å². The fraction of sp³-hybridized carbons (Fsp3) is 0.500. The fourth-order valence-corrected chi connectivity index (χ4v) is 2.70. The average Bonchev–Trinajstić information content (AvgIpc) is 2.52. The van der Waals surface area contributed by atoms with Gasteiger partial charge in [0.15, 0.2) is 0 Å². The van der Waals surface area contributed by atoms with Crippen molar-refractivity contribution in [3.63, 3.8) is 0 Å². The van der Waals surface area contributed by atoms with Gasteiger partial charge >= 0.3 is 0 Å². The molecule has 0 bridgehead atoms. The van der Waals surface area contributed by atoms with Crippen molar-refractivity contribution >= 4 is 28.3 Å². The van der Waals surface area contributed by atoms with Crippen LogP contribution in [0, 0.1) is 9.49 Å². The largest absolute Gasteiger partial charge is 0.382 e. The topological polar surface area (TPSA) is 12.0 Å². The van der Waals surface area contributed by atoms with Crippen LogP contribution in [-0.2, 0) is 0 Å². The minimum atomic E-state index is 0.688. The van der Waals surface area contributed by atoms with Crippen LogP contribution in [0.2, 0.25) is 0 Å². The zero-order valence-electron chi connectivity index (χ0n) is 8.46. The highest BCUT2D eigenvalue weighted by atomic mass is 127. The third-order valence-corrected chi connectivity index (χ3v) is 3.71. The Morgan fingerprint density at radius 1 is 1.36 bits per heavy atom. The van der Waals surface area contributed by atoms with Crippen LogP contribution in [-0.4, -0.2) is 6.04 Å². The number of hydrogen-bond donors (Lipinski definition) is 1. The van der Waals surface area contributed by atoms with Crippen LogP contribution in [0.4, 0.5) is 5.69 Å². The highest BCUT2D eigenvalue weighted by Crippen LogP contribution is 2.28. The van der Waals surface area contributed by atoms with Crippen LogP contribution in [0.15, 0.2) is 24.3 Å². The highest BCUT2D eigenvalue weighted by molar-refractivity contribution is 14.1. The van der Waals surface area contributed by atoms with Gasteiger partial charge in [-0.1, -0.05) is 19.4 Å². The van der Waals surface area contributed by atoms with Gasteiger partial charge < -0.3 is 5.32 Å². The summed E-state index contributed by atoms with van der Waals surface area (Å²) >= 11 is 2.36. The first-order valence-electron chi connectivity index (χ1n) is 5.28. The molecule has 14 heavy (non-hydrogen) atoms. The van der Waals surface area contributed by atoms with Crippen LogP contribution in [0.3, 0.4) is 0 Å². The van der Waals surface area contributed by atoms with Gasteiger partial charge in [-0.3, -0.25) is 0 Å². The first kappa shape index (κ1) is 10.3. The zero-order chi connectivity index (χ0) is 9.97. The molecule has 1 aliphatic carbocycles. The SMILES string of the molecule is CC1CCCC1Nc1cccc(I)c1. The van der Waals surface area contributed by atoms with Crippen molar-refractivity contribution in [1.29, 1.82) is 0 Å². The van der Waals surface area contributed by atoms with E-state index in [2.05, 4.69) is 59.1 Å². The molecule has 2 heteroatoms. The Kier molecular flexibility index (Phi) is 3.31. The van der Waals surface area contributed by atoms with Gasteiger partial charge in [0.25, 0.3) is 0 Å². The van der Waals surface area contributed by atoms with Gasteiger partial charge in [0.1, 0.15) is 0 Å². The summed E-state index contributed by atoms with van der Waals surface area (Å²) in [6.45, 7) is 2.35. The van der Waals surface area contributed by atoms with E-state index in [1.807, 2.05) is 0 Å². The molecule has 0 aliphatic heterocycles. The first-order chi connectivity index (χ1) is 6.75. The summed E-state index contributed by atoms with van der Waals surface area (Å²) in [4.78, 5) is 0. The molecule has 0 saturated heterocycles. The summed E-state index contributed by atoms with van der Waals surface area (Å²) in [5.41, 5.74) is 1.27. The van der Waals surface area contributed by atoms with E-state index in [0.29, 0.717) is 6.04 Å². The van der Waals surface area contributed by atoms with Crippen molar-refractivity contribution in [2.45, 2.75) is 32.2 Å². The predicted octanol–water partition coefficient (Wildman–Crippen LogP) is 3.89. The number of halogens is 1. The van der Waals surface area contributed by atoms with Crippen LogP contribution in [0.25, 0.3) is 0 Å². The molecule has 1 nitrogen and oxygen atoms in total. The number of nitrogens with one attached hydrogen (secondary N) is 1. The second-order valence-corrected chi connectivity index (χ2v) is 5.41. The van der Waals surface area contributed by atoms with E-state index >= 15 is 0 Å². The minimum absolute atomic E-state index is 0.688. The summed E-state index contributed by atoms with van der Waals surface area (Å²) in [6.07, 6.45) is 4.08. The van der Waals surface area contributed by atoms with Crippen molar-refractivity contribution < 1.29 is 0 Å². The molecule has 0 heterocycles. The number of benzene rings is 1. The maximum absolute atomic E-state index is 3.63. The van der Waals surface area contributed by atoms with E-state index in [4.69, 9.17) is 0 Å². The van der Waals surface area contributed by atoms with Gasteiger partial charge in [-0.25, -0.2) is 0 Å². The number of rotatable bonds is 2. The van der Waals surface area contributed by atoms with Crippen molar-refractivity contribution in [3.05, 3.63) is 27.8 Å². The van der Waals surface area contributed by atoms with Crippen molar-refractivity contribution in [1.82, 2.24) is 0 Å². The molecule has 1 N–H and O–H groups in total.